The molecule has 2 aromatic heterocycles. The fraction of sp³-hybridized carbons (Fsp3) is 0.217. The Bertz CT molecular complexity index is 1450. The Kier molecular flexibility index (Phi) is 5.34. The van der Waals surface area contributed by atoms with E-state index in [1.807, 2.05) is 19.1 Å². The summed E-state index contributed by atoms with van der Waals surface area (Å²) in [5.74, 6) is -1.63. The summed E-state index contributed by atoms with van der Waals surface area (Å²) in [5, 5.41) is 8.31. The average Bonchev–Trinajstić information content (AvgIpc) is 3.21. The van der Waals surface area contributed by atoms with E-state index in [4.69, 9.17) is 0 Å². The summed E-state index contributed by atoms with van der Waals surface area (Å²) in [5.41, 5.74) is 4.08. The van der Waals surface area contributed by atoms with Crippen molar-refractivity contribution in [2.75, 3.05) is 11.3 Å². The molecule has 1 atom stereocenters. The molecule has 0 bridgehead atoms. The summed E-state index contributed by atoms with van der Waals surface area (Å²) in [7, 11) is -4.28. The zero-order valence-electron chi connectivity index (χ0n) is 17.7. The predicted molar refractivity (Wildman–Crippen MR) is 120 cm³/mol. The van der Waals surface area contributed by atoms with Gasteiger partial charge in [-0.05, 0) is 54.8 Å². The summed E-state index contributed by atoms with van der Waals surface area (Å²) in [6, 6.07) is 10.6. The van der Waals surface area contributed by atoms with Crippen LogP contribution in [0.1, 0.15) is 29.7 Å². The second-order valence-corrected chi connectivity index (χ2v) is 9.64. The summed E-state index contributed by atoms with van der Waals surface area (Å²) in [6.07, 6.45) is 3.34. The van der Waals surface area contributed by atoms with Gasteiger partial charge in [0.25, 0.3) is 10.0 Å². The van der Waals surface area contributed by atoms with Gasteiger partial charge in [-0.15, -0.1) is 0 Å². The first kappa shape index (κ1) is 21.5. The zero-order valence-corrected chi connectivity index (χ0v) is 18.5. The van der Waals surface area contributed by atoms with E-state index >= 15 is 4.39 Å². The van der Waals surface area contributed by atoms with Gasteiger partial charge in [-0.2, -0.15) is 5.10 Å². The fourth-order valence-corrected chi connectivity index (χ4v) is 5.36. The van der Waals surface area contributed by atoms with Crippen LogP contribution in [0.25, 0.3) is 10.9 Å². The highest BCUT2D eigenvalue weighted by Gasteiger charge is 2.24. The minimum Gasteiger partial charge on any atom is -0.312 e. The number of fused-ring (bicyclic) bond motifs is 2. The minimum atomic E-state index is -4.28. The molecule has 33 heavy (non-hydrogen) atoms. The lowest BCUT2D eigenvalue weighted by Crippen LogP contribution is -2.26. The largest absolute Gasteiger partial charge is 0.312 e. The van der Waals surface area contributed by atoms with Crippen molar-refractivity contribution in [1.82, 2.24) is 20.1 Å². The number of rotatable bonds is 5. The third kappa shape index (κ3) is 3.96. The maximum atomic E-state index is 15.0. The molecule has 0 saturated heterocycles. The van der Waals surface area contributed by atoms with Crippen molar-refractivity contribution in [3.8, 4) is 0 Å². The Morgan fingerprint density at radius 3 is 2.79 bits per heavy atom. The molecule has 0 unspecified atom stereocenters. The Hall–Kier alpha value is -3.37. The molecule has 0 saturated carbocycles. The number of nitrogens with one attached hydrogen (secondary N) is 2. The van der Waals surface area contributed by atoms with Crippen LogP contribution in [-0.2, 0) is 23.0 Å². The third-order valence-electron chi connectivity index (χ3n) is 5.90. The standard InChI is InChI=1S/C23H21F2N5O2S/c1-14(18-4-2-3-15-7-8-26-13-19(15)18)30-21-10-20(25)22(9-16(21)11-28-30)33(31,32)29-23-6-5-17(24)12-27-23/h2-6,9-12,14,26H,7-8,13H2,1H3,(H,27,29)/t14-/m1/s1. The van der Waals surface area contributed by atoms with Crippen LogP contribution in [0.15, 0.2) is 59.8 Å². The Morgan fingerprint density at radius 1 is 1.15 bits per heavy atom. The second-order valence-electron chi connectivity index (χ2n) is 7.99. The topological polar surface area (TPSA) is 88.9 Å². The predicted octanol–water partition coefficient (Wildman–Crippen LogP) is 3.77. The Balaban J connectivity index is 1.52. The zero-order chi connectivity index (χ0) is 23.2. The van der Waals surface area contributed by atoms with Gasteiger partial charge in [0.15, 0.2) is 0 Å². The van der Waals surface area contributed by atoms with Crippen LogP contribution in [-0.4, -0.2) is 29.7 Å². The molecule has 4 aromatic rings. The number of nitrogens with zero attached hydrogens (tertiary/aromatic N) is 3. The van der Waals surface area contributed by atoms with E-state index in [1.54, 1.807) is 4.68 Å². The van der Waals surface area contributed by atoms with Gasteiger partial charge in [-0.3, -0.25) is 9.40 Å². The molecule has 7 nitrogen and oxygen atoms in total. The van der Waals surface area contributed by atoms with Gasteiger partial charge in [-0.1, -0.05) is 18.2 Å². The van der Waals surface area contributed by atoms with Crippen LogP contribution in [0.2, 0.25) is 0 Å². The minimum absolute atomic E-state index is 0.109. The van der Waals surface area contributed by atoms with E-state index in [0.717, 1.165) is 37.3 Å². The van der Waals surface area contributed by atoms with Crippen molar-refractivity contribution in [2.45, 2.75) is 30.8 Å². The molecule has 3 heterocycles. The molecule has 2 aromatic carbocycles. The van der Waals surface area contributed by atoms with Gasteiger partial charge in [0.1, 0.15) is 22.3 Å². The molecule has 0 radical (unpaired) electrons. The molecule has 0 aliphatic carbocycles. The van der Waals surface area contributed by atoms with Crippen LogP contribution in [0.4, 0.5) is 14.6 Å². The van der Waals surface area contributed by atoms with E-state index in [0.29, 0.717) is 10.9 Å². The lowest BCUT2D eigenvalue weighted by atomic mass is 9.92. The highest BCUT2D eigenvalue weighted by atomic mass is 32.2. The van der Waals surface area contributed by atoms with E-state index in [1.165, 1.54) is 35.5 Å². The molecule has 0 spiro atoms. The molecule has 0 amide bonds. The van der Waals surface area contributed by atoms with Gasteiger partial charge in [0, 0.05) is 18.0 Å². The lowest BCUT2D eigenvalue weighted by Gasteiger charge is -2.24. The second kappa shape index (κ2) is 8.20. The number of benzene rings is 2. The van der Waals surface area contributed by atoms with E-state index in [9.17, 15) is 12.8 Å². The fourth-order valence-electron chi connectivity index (χ4n) is 4.25. The van der Waals surface area contributed by atoms with Gasteiger partial charge in [-0.25, -0.2) is 22.2 Å². The third-order valence-corrected chi connectivity index (χ3v) is 7.27. The van der Waals surface area contributed by atoms with Crippen LogP contribution in [0.3, 0.4) is 0 Å². The van der Waals surface area contributed by atoms with Crippen molar-refractivity contribution in [2.24, 2.45) is 0 Å². The van der Waals surface area contributed by atoms with E-state index in [2.05, 4.69) is 26.2 Å². The molecule has 0 fully saturated rings. The van der Waals surface area contributed by atoms with Crippen molar-refractivity contribution < 1.29 is 17.2 Å². The highest BCUT2D eigenvalue weighted by molar-refractivity contribution is 7.92. The number of aromatic nitrogens is 3. The summed E-state index contributed by atoms with van der Waals surface area (Å²) in [4.78, 5) is 3.13. The van der Waals surface area contributed by atoms with Gasteiger partial charge < -0.3 is 5.32 Å². The van der Waals surface area contributed by atoms with Crippen LogP contribution in [0.5, 0.6) is 0 Å². The maximum absolute atomic E-state index is 15.0. The summed E-state index contributed by atoms with van der Waals surface area (Å²) in [6.45, 7) is 3.68. The number of hydrogen-bond acceptors (Lipinski definition) is 5. The lowest BCUT2D eigenvalue weighted by molar-refractivity contribution is 0.556. The first-order chi connectivity index (χ1) is 15.8. The molecule has 5 rings (SSSR count). The molecule has 2 N–H and O–H groups in total. The van der Waals surface area contributed by atoms with E-state index in [-0.39, 0.29) is 11.9 Å². The monoisotopic (exact) mass is 469 g/mol. The van der Waals surface area contributed by atoms with Gasteiger partial charge >= 0.3 is 0 Å². The van der Waals surface area contributed by atoms with Crippen molar-refractivity contribution >= 4 is 26.7 Å². The first-order valence-corrected chi connectivity index (χ1v) is 11.9. The van der Waals surface area contributed by atoms with E-state index < -0.39 is 26.6 Å². The smallest absolute Gasteiger partial charge is 0.265 e. The molecular weight excluding hydrogens is 448 g/mol. The molecule has 10 heteroatoms. The van der Waals surface area contributed by atoms with Crippen LogP contribution >= 0.6 is 0 Å². The number of anilines is 1. The highest BCUT2D eigenvalue weighted by Crippen LogP contribution is 2.31. The molecule has 1 aliphatic heterocycles. The number of hydrogen-bond donors (Lipinski definition) is 2. The Labute approximate surface area is 189 Å². The maximum Gasteiger partial charge on any atom is 0.265 e. The number of sulfonamides is 1. The van der Waals surface area contributed by atoms with Crippen LogP contribution in [0, 0.1) is 11.6 Å². The molecule has 1 aliphatic rings. The van der Waals surface area contributed by atoms with Crippen molar-refractivity contribution in [3.05, 3.63) is 83.2 Å². The summed E-state index contributed by atoms with van der Waals surface area (Å²) < 4.78 is 57.5. The average molecular weight is 470 g/mol. The van der Waals surface area contributed by atoms with Crippen molar-refractivity contribution in [3.63, 3.8) is 0 Å². The van der Waals surface area contributed by atoms with Crippen molar-refractivity contribution in [1.29, 1.82) is 0 Å². The normalized spacial score (nSPS) is 14.8. The number of pyridine rings is 1. The SMILES string of the molecule is C[C@H](c1cccc2c1CNCC2)n1ncc2cc(S(=O)(=O)Nc3ccc(F)cn3)c(F)cc21. The number of halogens is 2. The van der Waals surface area contributed by atoms with Gasteiger partial charge in [0.2, 0.25) is 0 Å². The molecule has 170 valence electrons. The summed E-state index contributed by atoms with van der Waals surface area (Å²) >= 11 is 0. The van der Waals surface area contributed by atoms with Gasteiger partial charge in [0.05, 0.1) is 24.0 Å². The van der Waals surface area contributed by atoms with Crippen LogP contribution < -0.4 is 10.0 Å². The molecular formula is C23H21F2N5O2S. The Morgan fingerprint density at radius 2 is 2.00 bits per heavy atom. The quantitative estimate of drug-likeness (QED) is 0.465. The first-order valence-electron chi connectivity index (χ1n) is 10.5.